The molecular weight excluding hydrogens is 312 g/mol. The first-order valence-corrected chi connectivity index (χ1v) is 8.98. The van der Waals surface area contributed by atoms with Gasteiger partial charge in [0.25, 0.3) is 5.91 Å². The lowest BCUT2D eigenvalue weighted by atomic mass is 9.91. The van der Waals surface area contributed by atoms with E-state index in [-0.39, 0.29) is 17.6 Å². The number of fused-ring (bicyclic) bond motifs is 1. The topological polar surface area (TPSA) is 89.2 Å². The predicted molar refractivity (Wildman–Crippen MR) is 87.7 cm³/mol. The number of carbonyl (C=O) groups is 2. The second kappa shape index (κ2) is 6.47. The fourth-order valence-corrected chi connectivity index (χ4v) is 4.43. The Hall–Kier alpha value is -1.63. The normalized spacial score (nSPS) is 27.4. The van der Waals surface area contributed by atoms with Gasteiger partial charge in [-0.1, -0.05) is 13.8 Å². The minimum Gasteiger partial charge on any atom is -0.363 e. The van der Waals surface area contributed by atoms with Crippen molar-refractivity contribution in [3.05, 3.63) is 23.3 Å². The molecular formula is C16H21N4O2S. The molecule has 1 saturated heterocycles. The van der Waals surface area contributed by atoms with Crippen molar-refractivity contribution in [2.75, 3.05) is 12.3 Å². The van der Waals surface area contributed by atoms with Crippen molar-refractivity contribution in [3.63, 3.8) is 0 Å². The summed E-state index contributed by atoms with van der Waals surface area (Å²) in [5.74, 6) is 1.25. The summed E-state index contributed by atoms with van der Waals surface area (Å²) in [5, 5.41) is 0.346. The van der Waals surface area contributed by atoms with Crippen molar-refractivity contribution in [1.29, 1.82) is 0 Å². The molecule has 0 bridgehead atoms. The zero-order chi connectivity index (χ0) is 16.6. The number of amides is 2. The molecule has 0 spiro atoms. The third-order valence-corrected chi connectivity index (χ3v) is 6.19. The van der Waals surface area contributed by atoms with Crippen LogP contribution in [-0.2, 0) is 17.8 Å². The van der Waals surface area contributed by atoms with Crippen molar-refractivity contribution < 1.29 is 9.59 Å². The molecule has 0 saturated carbocycles. The summed E-state index contributed by atoms with van der Waals surface area (Å²) in [6.45, 7) is 5.41. The second-order valence-electron chi connectivity index (χ2n) is 6.44. The van der Waals surface area contributed by atoms with E-state index >= 15 is 0 Å². The Morgan fingerprint density at radius 1 is 1.39 bits per heavy atom. The van der Waals surface area contributed by atoms with Gasteiger partial charge in [0.2, 0.25) is 11.7 Å². The highest BCUT2D eigenvalue weighted by atomic mass is 32.2. The van der Waals surface area contributed by atoms with Crippen molar-refractivity contribution in [2.45, 2.75) is 38.5 Å². The van der Waals surface area contributed by atoms with E-state index in [4.69, 9.17) is 5.73 Å². The van der Waals surface area contributed by atoms with Gasteiger partial charge in [-0.3, -0.25) is 9.59 Å². The Labute approximate surface area is 140 Å². The zero-order valence-electron chi connectivity index (χ0n) is 13.4. The Kier molecular flexibility index (Phi) is 4.57. The Bertz CT molecular complexity index is 637. The summed E-state index contributed by atoms with van der Waals surface area (Å²) < 4.78 is 0. The predicted octanol–water partition coefficient (Wildman–Crippen LogP) is 1.04. The maximum atomic E-state index is 12.9. The van der Waals surface area contributed by atoms with Crippen molar-refractivity contribution in [1.82, 2.24) is 14.9 Å². The van der Waals surface area contributed by atoms with Crippen LogP contribution < -0.4 is 5.73 Å². The van der Waals surface area contributed by atoms with Gasteiger partial charge in [-0.15, -0.1) is 0 Å². The highest BCUT2D eigenvalue weighted by Crippen LogP contribution is 2.35. The number of thioether (sulfide) groups is 1. The Morgan fingerprint density at radius 3 is 2.91 bits per heavy atom. The molecule has 1 fully saturated rings. The molecule has 1 radical (unpaired) electrons. The molecule has 2 amide bonds. The molecule has 23 heavy (non-hydrogen) atoms. The SMILES string of the molecule is CC1CSC(C)C(C(=O)N2CCc3[c]nc(C(N)=O)nc3C2)C1. The van der Waals surface area contributed by atoms with Gasteiger partial charge in [0.05, 0.1) is 24.4 Å². The van der Waals surface area contributed by atoms with Crippen LogP contribution in [0.1, 0.15) is 42.1 Å². The molecule has 2 aliphatic rings. The van der Waals surface area contributed by atoms with Crippen LogP contribution in [0, 0.1) is 18.0 Å². The lowest BCUT2D eigenvalue weighted by molar-refractivity contribution is -0.137. The lowest BCUT2D eigenvalue weighted by Gasteiger charge is -2.36. The Morgan fingerprint density at radius 2 is 2.17 bits per heavy atom. The van der Waals surface area contributed by atoms with Crippen LogP contribution in [0.5, 0.6) is 0 Å². The highest BCUT2D eigenvalue weighted by Gasteiger charge is 2.35. The van der Waals surface area contributed by atoms with E-state index in [0.29, 0.717) is 36.4 Å². The first-order chi connectivity index (χ1) is 11.0. The number of hydrogen-bond donors (Lipinski definition) is 1. The molecule has 6 nitrogen and oxygen atoms in total. The van der Waals surface area contributed by atoms with Crippen LogP contribution in [0.2, 0.25) is 0 Å². The van der Waals surface area contributed by atoms with Crippen LogP contribution in [0.15, 0.2) is 0 Å². The standard InChI is InChI=1S/C16H21N4O2S/c1-9-5-12(10(2)23-8-9)16(22)20-4-3-11-6-18-15(14(17)21)19-13(11)7-20/h9-10,12H,3-5,7-8H2,1-2H3,(H2,17,21). The van der Waals surface area contributed by atoms with E-state index in [1.165, 1.54) is 0 Å². The van der Waals surface area contributed by atoms with Crippen molar-refractivity contribution >= 4 is 23.6 Å². The third kappa shape index (κ3) is 3.34. The van der Waals surface area contributed by atoms with E-state index in [9.17, 15) is 9.59 Å². The summed E-state index contributed by atoms with van der Waals surface area (Å²) in [6, 6.07) is 0. The molecule has 123 valence electrons. The van der Waals surface area contributed by atoms with Crippen LogP contribution in [0.4, 0.5) is 0 Å². The number of primary amides is 1. The van der Waals surface area contributed by atoms with E-state index in [0.717, 1.165) is 17.7 Å². The monoisotopic (exact) mass is 333 g/mol. The summed E-state index contributed by atoms with van der Waals surface area (Å²) in [7, 11) is 0. The minimum atomic E-state index is -0.668. The maximum Gasteiger partial charge on any atom is 0.286 e. The average molecular weight is 333 g/mol. The average Bonchev–Trinajstić information content (AvgIpc) is 2.55. The quantitative estimate of drug-likeness (QED) is 0.873. The number of hydrogen-bond acceptors (Lipinski definition) is 5. The highest BCUT2D eigenvalue weighted by molar-refractivity contribution is 7.99. The summed E-state index contributed by atoms with van der Waals surface area (Å²) in [6.07, 6.45) is 4.45. The third-order valence-electron chi connectivity index (χ3n) is 4.57. The number of aromatic nitrogens is 2. The summed E-state index contributed by atoms with van der Waals surface area (Å²) in [5.41, 5.74) is 6.79. The number of rotatable bonds is 2. The molecule has 2 N–H and O–H groups in total. The van der Waals surface area contributed by atoms with Gasteiger partial charge in [-0.25, -0.2) is 9.97 Å². The van der Waals surface area contributed by atoms with E-state index < -0.39 is 5.91 Å². The minimum absolute atomic E-state index is 0.0340. The fraction of sp³-hybridized carbons (Fsp3) is 0.625. The fourth-order valence-electron chi connectivity index (χ4n) is 3.20. The van der Waals surface area contributed by atoms with Crippen molar-refractivity contribution in [3.8, 4) is 0 Å². The van der Waals surface area contributed by atoms with E-state index in [2.05, 4.69) is 30.0 Å². The number of nitrogens with two attached hydrogens (primary N) is 1. The molecule has 3 unspecified atom stereocenters. The first-order valence-electron chi connectivity index (χ1n) is 7.93. The van der Waals surface area contributed by atoms with Gasteiger partial charge in [-0.05, 0) is 24.5 Å². The second-order valence-corrected chi connectivity index (χ2v) is 7.85. The lowest BCUT2D eigenvalue weighted by Crippen LogP contribution is -2.44. The number of carbonyl (C=O) groups excluding carboxylic acids is 2. The van der Waals surface area contributed by atoms with Gasteiger partial charge < -0.3 is 10.6 Å². The van der Waals surface area contributed by atoms with Gasteiger partial charge in [0.15, 0.2) is 0 Å². The molecule has 1 aromatic rings. The molecule has 2 aliphatic heterocycles. The van der Waals surface area contributed by atoms with Gasteiger partial charge in [0.1, 0.15) is 0 Å². The maximum absolute atomic E-state index is 12.9. The molecule has 3 heterocycles. The van der Waals surface area contributed by atoms with Crippen LogP contribution in [0.25, 0.3) is 0 Å². The molecule has 0 aliphatic carbocycles. The molecule has 3 atom stereocenters. The van der Waals surface area contributed by atoms with Gasteiger partial charge >= 0.3 is 0 Å². The molecule has 1 aromatic heterocycles. The largest absolute Gasteiger partial charge is 0.363 e. The van der Waals surface area contributed by atoms with Crippen LogP contribution in [-0.4, -0.2) is 44.2 Å². The Balaban J connectivity index is 1.76. The summed E-state index contributed by atoms with van der Waals surface area (Å²) >= 11 is 1.88. The number of nitrogens with zero attached hydrogens (tertiary/aromatic N) is 3. The zero-order valence-corrected chi connectivity index (χ0v) is 14.2. The van der Waals surface area contributed by atoms with Gasteiger partial charge in [0, 0.05) is 17.4 Å². The smallest absolute Gasteiger partial charge is 0.286 e. The van der Waals surface area contributed by atoms with Crippen LogP contribution in [0.3, 0.4) is 0 Å². The van der Waals surface area contributed by atoms with E-state index in [1.54, 1.807) is 0 Å². The van der Waals surface area contributed by atoms with Crippen LogP contribution >= 0.6 is 11.8 Å². The summed E-state index contributed by atoms with van der Waals surface area (Å²) in [4.78, 5) is 34.0. The molecule has 7 heteroatoms. The molecule has 0 aromatic carbocycles. The van der Waals surface area contributed by atoms with E-state index in [1.807, 2.05) is 16.7 Å². The van der Waals surface area contributed by atoms with Crippen molar-refractivity contribution in [2.24, 2.45) is 17.6 Å². The van der Waals surface area contributed by atoms with Gasteiger partial charge in [-0.2, -0.15) is 11.8 Å². The molecule has 3 rings (SSSR count). The first kappa shape index (κ1) is 16.2.